The highest BCUT2D eigenvalue weighted by atomic mass is 16.5. The van der Waals surface area contributed by atoms with Gasteiger partial charge < -0.3 is 14.0 Å². The van der Waals surface area contributed by atoms with Gasteiger partial charge in [0.25, 0.3) is 0 Å². The van der Waals surface area contributed by atoms with Crippen LogP contribution in [0.25, 0.3) is 11.2 Å². The summed E-state index contributed by atoms with van der Waals surface area (Å²) >= 11 is 0. The maximum absolute atomic E-state index is 5.66. The maximum Gasteiger partial charge on any atom is 0.160 e. The quantitative estimate of drug-likeness (QED) is 0.842. The molecule has 2 aromatic rings. The van der Waals surface area contributed by atoms with Crippen molar-refractivity contribution >= 4 is 11.2 Å². The molecule has 20 heavy (non-hydrogen) atoms. The summed E-state index contributed by atoms with van der Waals surface area (Å²) in [7, 11) is 0. The van der Waals surface area contributed by atoms with Gasteiger partial charge in [-0.2, -0.15) is 0 Å². The Hall–Kier alpha value is -1.46. The van der Waals surface area contributed by atoms with E-state index in [4.69, 9.17) is 14.5 Å². The van der Waals surface area contributed by atoms with E-state index in [1.54, 1.807) is 0 Å². The van der Waals surface area contributed by atoms with Crippen molar-refractivity contribution in [2.75, 3.05) is 26.4 Å². The molecule has 5 heteroatoms. The Bertz CT molecular complexity index is 598. The molecule has 2 aromatic heterocycles. The lowest BCUT2D eigenvalue weighted by atomic mass is 10.1. The van der Waals surface area contributed by atoms with Gasteiger partial charge in [-0.05, 0) is 31.4 Å². The molecule has 2 atom stereocenters. The summed E-state index contributed by atoms with van der Waals surface area (Å²) in [5.41, 5.74) is 1.98. The van der Waals surface area contributed by atoms with Gasteiger partial charge >= 0.3 is 0 Å². The minimum atomic E-state index is 0.360. The summed E-state index contributed by atoms with van der Waals surface area (Å²) in [5.74, 6) is 1.53. The molecule has 0 aromatic carbocycles. The monoisotopic (exact) mass is 273 g/mol. The van der Waals surface area contributed by atoms with E-state index in [2.05, 4.69) is 9.55 Å². The van der Waals surface area contributed by atoms with Crippen LogP contribution in [0.4, 0.5) is 0 Å². The number of rotatable bonds is 2. The van der Waals surface area contributed by atoms with Gasteiger partial charge in [-0.15, -0.1) is 0 Å². The topological polar surface area (TPSA) is 49.2 Å². The maximum atomic E-state index is 5.66. The van der Waals surface area contributed by atoms with Crippen LogP contribution in [0, 0.1) is 0 Å². The zero-order valence-corrected chi connectivity index (χ0v) is 11.5. The average molecular weight is 273 g/mol. The zero-order valence-electron chi connectivity index (χ0n) is 11.5. The second-order valence-electron chi connectivity index (χ2n) is 5.62. The number of ether oxygens (including phenoxy) is 2. The third kappa shape index (κ3) is 2.01. The normalized spacial score (nSPS) is 27.2. The highest BCUT2D eigenvalue weighted by Gasteiger charge is 2.29. The third-order valence-corrected chi connectivity index (χ3v) is 4.27. The summed E-state index contributed by atoms with van der Waals surface area (Å²) in [6.45, 7) is 3.25. The molecule has 2 aliphatic rings. The lowest BCUT2D eigenvalue weighted by Crippen LogP contribution is -2.24. The number of fused-ring (bicyclic) bond motifs is 1. The molecule has 2 aliphatic heterocycles. The van der Waals surface area contributed by atoms with E-state index in [0.717, 1.165) is 62.7 Å². The van der Waals surface area contributed by atoms with Crippen LogP contribution >= 0.6 is 0 Å². The zero-order chi connectivity index (χ0) is 13.4. The van der Waals surface area contributed by atoms with Gasteiger partial charge in [0, 0.05) is 25.3 Å². The van der Waals surface area contributed by atoms with Crippen LogP contribution < -0.4 is 0 Å². The Morgan fingerprint density at radius 2 is 2.10 bits per heavy atom. The molecule has 0 saturated carbocycles. The second-order valence-corrected chi connectivity index (χ2v) is 5.62. The fourth-order valence-corrected chi connectivity index (χ4v) is 3.26. The second kappa shape index (κ2) is 5.14. The van der Waals surface area contributed by atoms with Crippen molar-refractivity contribution < 1.29 is 9.47 Å². The van der Waals surface area contributed by atoms with E-state index in [0.29, 0.717) is 12.0 Å². The van der Waals surface area contributed by atoms with Crippen LogP contribution in [0.2, 0.25) is 0 Å². The Morgan fingerprint density at radius 3 is 2.90 bits per heavy atom. The van der Waals surface area contributed by atoms with Gasteiger partial charge in [-0.1, -0.05) is 0 Å². The summed E-state index contributed by atoms with van der Waals surface area (Å²) in [6.07, 6.45) is 5.15. The lowest BCUT2D eigenvalue weighted by Gasteiger charge is -2.26. The number of hydrogen-bond acceptors (Lipinski definition) is 4. The number of aromatic nitrogens is 3. The van der Waals surface area contributed by atoms with Crippen molar-refractivity contribution in [3.8, 4) is 0 Å². The molecule has 4 rings (SSSR count). The first-order valence-corrected chi connectivity index (χ1v) is 7.42. The molecular formula is C15H19N3O2. The molecule has 5 nitrogen and oxygen atoms in total. The fourth-order valence-electron chi connectivity index (χ4n) is 3.26. The fraction of sp³-hybridized carbons (Fsp3) is 0.600. The van der Waals surface area contributed by atoms with Crippen LogP contribution in [0.3, 0.4) is 0 Å². The van der Waals surface area contributed by atoms with Crippen molar-refractivity contribution in [3.05, 3.63) is 24.2 Å². The van der Waals surface area contributed by atoms with Gasteiger partial charge in [0.2, 0.25) is 0 Å². The van der Waals surface area contributed by atoms with E-state index in [1.807, 2.05) is 18.3 Å². The minimum Gasteiger partial charge on any atom is -0.381 e. The molecule has 4 heterocycles. The van der Waals surface area contributed by atoms with Crippen LogP contribution in [0.15, 0.2) is 18.3 Å². The van der Waals surface area contributed by atoms with Gasteiger partial charge in [-0.3, -0.25) is 0 Å². The van der Waals surface area contributed by atoms with Crippen LogP contribution in [0.5, 0.6) is 0 Å². The molecule has 0 radical (unpaired) electrons. The Balaban J connectivity index is 1.83. The molecule has 2 fully saturated rings. The predicted molar refractivity (Wildman–Crippen MR) is 74.8 cm³/mol. The molecule has 0 bridgehead atoms. The molecule has 0 amide bonds. The highest BCUT2D eigenvalue weighted by molar-refractivity contribution is 5.71. The van der Waals surface area contributed by atoms with E-state index >= 15 is 0 Å². The number of hydrogen-bond donors (Lipinski definition) is 0. The van der Waals surface area contributed by atoms with Crippen molar-refractivity contribution in [1.82, 2.24) is 14.5 Å². The number of imidazole rings is 1. The van der Waals surface area contributed by atoms with E-state index < -0.39 is 0 Å². The lowest BCUT2D eigenvalue weighted by molar-refractivity contribution is 0.0588. The third-order valence-electron chi connectivity index (χ3n) is 4.27. The Morgan fingerprint density at radius 1 is 1.15 bits per heavy atom. The largest absolute Gasteiger partial charge is 0.381 e. The highest BCUT2D eigenvalue weighted by Crippen LogP contribution is 2.32. The molecule has 0 spiro atoms. The first-order chi connectivity index (χ1) is 9.93. The van der Waals surface area contributed by atoms with Gasteiger partial charge in [0.15, 0.2) is 5.65 Å². The van der Waals surface area contributed by atoms with Crippen LogP contribution in [-0.4, -0.2) is 41.0 Å². The van der Waals surface area contributed by atoms with Crippen LogP contribution in [0.1, 0.15) is 37.0 Å². The smallest absolute Gasteiger partial charge is 0.160 e. The molecular weight excluding hydrogens is 254 g/mol. The molecule has 0 aliphatic carbocycles. The van der Waals surface area contributed by atoms with Crippen molar-refractivity contribution in [3.63, 3.8) is 0 Å². The first-order valence-electron chi connectivity index (χ1n) is 7.42. The Labute approximate surface area is 117 Å². The van der Waals surface area contributed by atoms with Gasteiger partial charge in [-0.25, -0.2) is 9.97 Å². The molecule has 2 saturated heterocycles. The summed E-state index contributed by atoms with van der Waals surface area (Å²) in [4.78, 5) is 9.39. The van der Waals surface area contributed by atoms with Crippen LogP contribution in [-0.2, 0) is 9.47 Å². The first kappa shape index (κ1) is 12.3. The van der Waals surface area contributed by atoms with E-state index in [1.165, 1.54) is 0 Å². The van der Waals surface area contributed by atoms with Crippen molar-refractivity contribution in [1.29, 1.82) is 0 Å². The standard InChI is InChI=1S/C15H19N3O2/c1-4-13-15(16-6-1)18(12-3-2-7-19-10-12)14(17-13)11-5-8-20-9-11/h1,4,6,11-12H,2-3,5,7-10H2. The molecule has 0 N–H and O–H groups in total. The van der Waals surface area contributed by atoms with E-state index in [9.17, 15) is 0 Å². The molecule has 106 valence electrons. The number of pyridine rings is 1. The van der Waals surface area contributed by atoms with Gasteiger partial charge in [0.05, 0.1) is 19.3 Å². The summed E-state index contributed by atoms with van der Waals surface area (Å²) < 4.78 is 13.5. The van der Waals surface area contributed by atoms with Crippen molar-refractivity contribution in [2.45, 2.75) is 31.2 Å². The minimum absolute atomic E-state index is 0.360. The summed E-state index contributed by atoms with van der Waals surface area (Å²) in [6, 6.07) is 4.35. The predicted octanol–water partition coefficient (Wildman–Crippen LogP) is 2.29. The molecule has 2 unspecified atom stereocenters. The SMILES string of the molecule is c1cnc2c(c1)nc(C1CCOC1)n2C1CCCOC1. The average Bonchev–Trinajstić information content (AvgIpc) is 3.15. The van der Waals surface area contributed by atoms with E-state index in [-0.39, 0.29) is 0 Å². The number of nitrogens with zero attached hydrogens (tertiary/aromatic N) is 3. The van der Waals surface area contributed by atoms with Gasteiger partial charge in [0.1, 0.15) is 11.3 Å². The summed E-state index contributed by atoms with van der Waals surface area (Å²) in [5, 5.41) is 0. The van der Waals surface area contributed by atoms with Crippen molar-refractivity contribution in [2.24, 2.45) is 0 Å². The Kier molecular flexibility index (Phi) is 3.16.